The second-order valence-electron chi connectivity index (χ2n) is 4.18. The molecule has 1 unspecified atom stereocenters. The number of hydrogen-bond donors (Lipinski definition) is 0. The largest absolute Gasteiger partial charge is 0.394 e. The van der Waals surface area contributed by atoms with Crippen LogP contribution in [-0.4, -0.2) is 22.5 Å². The van der Waals surface area contributed by atoms with E-state index in [-0.39, 0.29) is 0 Å². The summed E-state index contributed by atoms with van der Waals surface area (Å²) in [5, 5.41) is 0. The summed E-state index contributed by atoms with van der Waals surface area (Å²) in [6, 6.07) is 9.30. The van der Waals surface area contributed by atoms with Gasteiger partial charge in [-0.3, -0.25) is 0 Å². The SMILES string of the molecule is CCO[Si](CC(C)c1ccccc1CCl)OCC. The summed E-state index contributed by atoms with van der Waals surface area (Å²) in [4.78, 5) is 0. The normalized spacial score (nSPS) is 12.9. The molecule has 0 spiro atoms. The summed E-state index contributed by atoms with van der Waals surface area (Å²) in [6.45, 7) is 7.69. The van der Waals surface area contributed by atoms with Crippen LogP contribution in [0.3, 0.4) is 0 Å². The molecule has 0 aromatic heterocycles. The Morgan fingerprint density at radius 1 is 1.17 bits per heavy atom. The van der Waals surface area contributed by atoms with Gasteiger partial charge in [-0.25, -0.2) is 0 Å². The lowest BCUT2D eigenvalue weighted by molar-refractivity contribution is 0.212. The van der Waals surface area contributed by atoms with Gasteiger partial charge in [0.25, 0.3) is 0 Å². The molecule has 2 nitrogen and oxygen atoms in total. The van der Waals surface area contributed by atoms with Gasteiger partial charge < -0.3 is 8.85 Å². The van der Waals surface area contributed by atoms with E-state index in [1.54, 1.807) is 0 Å². The molecule has 0 saturated carbocycles. The van der Waals surface area contributed by atoms with Crippen molar-refractivity contribution < 1.29 is 8.85 Å². The summed E-state index contributed by atoms with van der Waals surface area (Å²) in [5.41, 5.74) is 2.52. The van der Waals surface area contributed by atoms with Gasteiger partial charge in [-0.15, -0.1) is 11.6 Å². The first-order chi connectivity index (χ1) is 8.72. The highest BCUT2D eigenvalue weighted by molar-refractivity contribution is 6.44. The zero-order valence-corrected chi connectivity index (χ0v) is 13.2. The Bertz CT molecular complexity index is 340. The molecule has 0 aliphatic carbocycles. The maximum absolute atomic E-state index is 5.98. The third-order valence-electron chi connectivity index (χ3n) is 2.81. The van der Waals surface area contributed by atoms with Crippen molar-refractivity contribution >= 4 is 20.9 Å². The molecule has 1 aromatic rings. The topological polar surface area (TPSA) is 18.5 Å². The zero-order chi connectivity index (χ0) is 13.4. The van der Waals surface area contributed by atoms with Crippen LogP contribution < -0.4 is 0 Å². The third-order valence-corrected chi connectivity index (χ3v) is 5.27. The van der Waals surface area contributed by atoms with Crippen LogP contribution in [0.15, 0.2) is 24.3 Å². The van der Waals surface area contributed by atoms with E-state index in [4.69, 9.17) is 20.5 Å². The van der Waals surface area contributed by atoms with E-state index in [2.05, 4.69) is 25.1 Å². The highest BCUT2D eigenvalue weighted by Crippen LogP contribution is 2.26. The molecular formula is C14H22ClO2Si. The zero-order valence-electron chi connectivity index (χ0n) is 11.4. The third kappa shape index (κ3) is 4.73. The van der Waals surface area contributed by atoms with Gasteiger partial charge in [-0.2, -0.15) is 0 Å². The van der Waals surface area contributed by atoms with E-state index >= 15 is 0 Å². The van der Waals surface area contributed by atoms with Crippen molar-refractivity contribution in [1.29, 1.82) is 0 Å². The van der Waals surface area contributed by atoms with Crippen LogP contribution in [0, 0.1) is 0 Å². The Morgan fingerprint density at radius 2 is 1.78 bits per heavy atom. The van der Waals surface area contributed by atoms with Crippen LogP contribution in [0.4, 0.5) is 0 Å². The van der Waals surface area contributed by atoms with Crippen LogP contribution >= 0.6 is 11.6 Å². The van der Waals surface area contributed by atoms with Crippen molar-refractivity contribution in [2.45, 2.75) is 38.6 Å². The quantitative estimate of drug-likeness (QED) is 0.529. The fourth-order valence-electron chi connectivity index (χ4n) is 1.98. The first-order valence-corrected chi connectivity index (χ1v) is 8.53. The number of halogens is 1. The fraction of sp³-hybridized carbons (Fsp3) is 0.571. The van der Waals surface area contributed by atoms with Crippen molar-refractivity contribution in [3.05, 3.63) is 35.4 Å². The molecular weight excluding hydrogens is 264 g/mol. The van der Waals surface area contributed by atoms with Crippen LogP contribution in [0.2, 0.25) is 6.04 Å². The number of benzene rings is 1. The fourth-order valence-corrected chi connectivity index (χ4v) is 3.90. The minimum atomic E-state index is -1.16. The predicted octanol–water partition coefficient (Wildman–Crippen LogP) is 4.09. The Labute approximate surface area is 117 Å². The first kappa shape index (κ1) is 15.7. The molecule has 0 aliphatic heterocycles. The molecule has 1 radical (unpaired) electrons. The van der Waals surface area contributed by atoms with Gasteiger partial charge in [0.15, 0.2) is 0 Å². The van der Waals surface area contributed by atoms with E-state index < -0.39 is 9.28 Å². The van der Waals surface area contributed by atoms with E-state index in [0.29, 0.717) is 11.8 Å². The molecule has 0 aliphatic rings. The lowest BCUT2D eigenvalue weighted by Gasteiger charge is -2.19. The van der Waals surface area contributed by atoms with Crippen molar-refractivity contribution in [1.82, 2.24) is 0 Å². The van der Waals surface area contributed by atoms with Crippen molar-refractivity contribution in [2.75, 3.05) is 13.2 Å². The second kappa shape index (κ2) is 8.70. The molecule has 0 N–H and O–H groups in total. The standard InChI is InChI=1S/C14H22ClO2Si/c1-4-16-18(17-5-2)11-12(3)14-9-7-6-8-13(14)10-15/h6-9,12H,4-5,10-11H2,1-3H3. The molecule has 1 aromatic carbocycles. The van der Waals surface area contributed by atoms with E-state index in [0.717, 1.165) is 19.3 Å². The summed E-state index contributed by atoms with van der Waals surface area (Å²) in [6.07, 6.45) is 0. The Hall–Kier alpha value is -0.353. The predicted molar refractivity (Wildman–Crippen MR) is 78.2 cm³/mol. The lowest BCUT2D eigenvalue weighted by atomic mass is 9.98. The summed E-state index contributed by atoms with van der Waals surface area (Å²) in [7, 11) is -1.16. The van der Waals surface area contributed by atoms with Gasteiger partial charge in [0.1, 0.15) is 0 Å². The maximum atomic E-state index is 5.98. The molecule has 1 atom stereocenters. The molecule has 18 heavy (non-hydrogen) atoms. The number of rotatable bonds is 8. The van der Waals surface area contributed by atoms with Crippen molar-refractivity contribution in [3.8, 4) is 0 Å². The number of alkyl halides is 1. The van der Waals surface area contributed by atoms with Gasteiger partial charge in [0, 0.05) is 19.1 Å². The Kier molecular flexibility index (Phi) is 7.59. The second-order valence-corrected chi connectivity index (χ2v) is 6.17. The smallest absolute Gasteiger partial charge is 0.385 e. The monoisotopic (exact) mass is 285 g/mol. The van der Waals surface area contributed by atoms with Crippen molar-refractivity contribution in [2.24, 2.45) is 0 Å². The van der Waals surface area contributed by atoms with E-state index in [9.17, 15) is 0 Å². The van der Waals surface area contributed by atoms with Gasteiger partial charge in [0.2, 0.25) is 0 Å². The summed E-state index contributed by atoms with van der Waals surface area (Å²) < 4.78 is 11.4. The highest BCUT2D eigenvalue weighted by Gasteiger charge is 2.21. The molecule has 0 heterocycles. The van der Waals surface area contributed by atoms with Gasteiger partial charge in [-0.05, 0) is 36.9 Å². The van der Waals surface area contributed by atoms with Crippen LogP contribution in [0.5, 0.6) is 0 Å². The Morgan fingerprint density at radius 3 is 2.33 bits per heavy atom. The van der Waals surface area contributed by atoms with Crippen LogP contribution in [0.25, 0.3) is 0 Å². The van der Waals surface area contributed by atoms with Gasteiger partial charge in [-0.1, -0.05) is 31.2 Å². The van der Waals surface area contributed by atoms with Crippen LogP contribution in [0.1, 0.15) is 37.8 Å². The van der Waals surface area contributed by atoms with E-state index in [1.165, 1.54) is 11.1 Å². The lowest BCUT2D eigenvalue weighted by Crippen LogP contribution is -2.25. The first-order valence-electron chi connectivity index (χ1n) is 6.48. The number of hydrogen-bond acceptors (Lipinski definition) is 2. The average molecular weight is 286 g/mol. The summed E-state index contributed by atoms with van der Waals surface area (Å²) in [5.74, 6) is 0.984. The molecule has 1 rings (SSSR count). The van der Waals surface area contributed by atoms with E-state index in [1.807, 2.05) is 19.9 Å². The summed E-state index contributed by atoms with van der Waals surface area (Å²) >= 11 is 5.98. The molecule has 4 heteroatoms. The van der Waals surface area contributed by atoms with Gasteiger partial charge >= 0.3 is 9.28 Å². The van der Waals surface area contributed by atoms with Gasteiger partial charge in [0.05, 0.1) is 0 Å². The molecule has 0 amide bonds. The maximum Gasteiger partial charge on any atom is 0.385 e. The highest BCUT2D eigenvalue weighted by atomic mass is 35.5. The molecule has 101 valence electrons. The molecule has 0 fully saturated rings. The van der Waals surface area contributed by atoms with Crippen molar-refractivity contribution in [3.63, 3.8) is 0 Å². The minimum absolute atomic E-state index is 0.423. The molecule has 0 saturated heterocycles. The minimum Gasteiger partial charge on any atom is -0.394 e. The Balaban J connectivity index is 2.70. The van der Waals surface area contributed by atoms with Crippen LogP contribution in [-0.2, 0) is 14.7 Å². The molecule has 0 bridgehead atoms. The average Bonchev–Trinajstić information content (AvgIpc) is 2.39.